The maximum Gasteiger partial charge on any atom is 0.330 e. The summed E-state index contributed by atoms with van der Waals surface area (Å²) in [6, 6.07) is 7.89. The highest BCUT2D eigenvalue weighted by atomic mass is 79.9. The molecule has 1 unspecified atom stereocenters. The monoisotopic (exact) mass is 313 g/mol. The molecule has 1 rings (SSSR count). The first-order valence-corrected chi connectivity index (χ1v) is 6.90. The van der Waals surface area contributed by atoms with Crippen molar-refractivity contribution in [2.24, 2.45) is 0 Å². The molecule has 0 aliphatic carbocycles. The zero-order chi connectivity index (χ0) is 13.8. The van der Waals surface area contributed by atoms with Crippen molar-refractivity contribution in [3.63, 3.8) is 0 Å². The van der Waals surface area contributed by atoms with Crippen LogP contribution in [0.5, 0.6) is 0 Å². The Morgan fingerprint density at radius 1 is 1.39 bits per heavy atom. The lowest BCUT2D eigenvalue weighted by molar-refractivity contribution is -0.151. The van der Waals surface area contributed by atoms with E-state index in [1.807, 2.05) is 52.0 Å². The summed E-state index contributed by atoms with van der Waals surface area (Å²) in [6.07, 6.45) is 0. The van der Waals surface area contributed by atoms with Crippen LogP contribution in [0.2, 0.25) is 0 Å². The topological polar surface area (TPSA) is 38.3 Å². The number of rotatable bonds is 5. The van der Waals surface area contributed by atoms with Crippen LogP contribution in [-0.4, -0.2) is 18.6 Å². The van der Waals surface area contributed by atoms with E-state index < -0.39 is 5.54 Å². The van der Waals surface area contributed by atoms with Gasteiger partial charge >= 0.3 is 5.97 Å². The van der Waals surface area contributed by atoms with Gasteiger partial charge in [0.1, 0.15) is 5.54 Å². The zero-order valence-corrected chi connectivity index (χ0v) is 12.9. The Bertz CT molecular complexity index is 403. The third-order valence-electron chi connectivity index (χ3n) is 2.68. The normalized spacial score (nSPS) is 14.3. The van der Waals surface area contributed by atoms with E-state index in [9.17, 15) is 4.79 Å². The molecule has 0 saturated carbocycles. The largest absolute Gasteiger partial charge is 0.464 e. The molecule has 0 amide bonds. The summed E-state index contributed by atoms with van der Waals surface area (Å²) < 4.78 is 6.17. The third-order valence-corrected chi connectivity index (χ3v) is 3.21. The number of esters is 1. The maximum absolute atomic E-state index is 12.2. The maximum atomic E-state index is 12.2. The van der Waals surface area contributed by atoms with Crippen LogP contribution in [0.3, 0.4) is 0 Å². The molecule has 4 heteroatoms. The first-order valence-electron chi connectivity index (χ1n) is 6.11. The summed E-state index contributed by atoms with van der Waals surface area (Å²) in [5.74, 6) is -0.249. The van der Waals surface area contributed by atoms with E-state index in [1.54, 1.807) is 0 Å². The van der Waals surface area contributed by atoms with Crippen LogP contribution in [0.25, 0.3) is 0 Å². The highest BCUT2D eigenvalue weighted by molar-refractivity contribution is 9.10. The van der Waals surface area contributed by atoms with Gasteiger partial charge in [-0.15, -0.1) is 0 Å². The Kier molecular flexibility index (Phi) is 5.35. The molecule has 3 nitrogen and oxygen atoms in total. The van der Waals surface area contributed by atoms with Crippen molar-refractivity contribution in [1.29, 1.82) is 0 Å². The number of ether oxygens (including phenoxy) is 1. The lowest BCUT2D eigenvalue weighted by atomic mass is 9.91. The minimum absolute atomic E-state index is 0.183. The lowest BCUT2D eigenvalue weighted by Crippen LogP contribution is -2.50. The second kappa shape index (κ2) is 6.34. The molecule has 18 heavy (non-hydrogen) atoms. The second-order valence-corrected chi connectivity index (χ2v) is 5.57. The fourth-order valence-corrected chi connectivity index (χ4v) is 2.16. The molecule has 100 valence electrons. The summed E-state index contributed by atoms with van der Waals surface area (Å²) in [4.78, 5) is 12.2. The number of benzene rings is 1. The van der Waals surface area contributed by atoms with Crippen molar-refractivity contribution in [2.75, 3.05) is 6.61 Å². The van der Waals surface area contributed by atoms with Gasteiger partial charge in [0.15, 0.2) is 0 Å². The average Bonchev–Trinajstić information content (AvgIpc) is 2.29. The molecule has 0 saturated heterocycles. The summed E-state index contributed by atoms with van der Waals surface area (Å²) in [5, 5.41) is 3.29. The van der Waals surface area contributed by atoms with Gasteiger partial charge in [-0.05, 0) is 45.4 Å². The van der Waals surface area contributed by atoms with E-state index in [-0.39, 0.29) is 12.0 Å². The predicted octanol–water partition coefficient (Wildman–Crippen LogP) is 3.23. The quantitative estimate of drug-likeness (QED) is 0.848. The Morgan fingerprint density at radius 2 is 1.94 bits per heavy atom. The van der Waals surface area contributed by atoms with Crippen molar-refractivity contribution in [3.8, 4) is 0 Å². The Labute approximate surface area is 117 Å². The van der Waals surface area contributed by atoms with Gasteiger partial charge < -0.3 is 4.74 Å². The number of carbonyl (C=O) groups excluding carboxylic acids is 1. The molecule has 1 N–H and O–H groups in total. The van der Waals surface area contributed by atoms with E-state index in [4.69, 9.17) is 4.74 Å². The molecule has 0 aliphatic heterocycles. The molecule has 0 bridgehead atoms. The van der Waals surface area contributed by atoms with Crippen molar-refractivity contribution < 1.29 is 9.53 Å². The van der Waals surface area contributed by atoms with Gasteiger partial charge in [-0.1, -0.05) is 28.1 Å². The summed E-state index contributed by atoms with van der Waals surface area (Å²) in [7, 11) is 0. The van der Waals surface area contributed by atoms with Gasteiger partial charge in [-0.3, -0.25) is 5.32 Å². The molecule has 0 heterocycles. The highest BCUT2D eigenvalue weighted by Gasteiger charge is 2.36. The van der Waals surface area contributed by atoms with Crippen molar-refractivity contribution in [3.05, 3.63) is 34.3 Å². The number of carbonyl (C=O) groups is 1. The smallest absolute Gasteiger partial charge is 0.330 e. The first kappa shape index (κ1) is 15.2. The number of hydrogen-bond donors (Lipinski definition) is 1. The van der Waals surface area contributed by atoms with Gasteiger partial charge in [0.05, 0.1) is 6.61 Å². The zero-order valence-electron chi connectivity index (χ0n) is 11.3. The fraction of sp³-hybridized carbons (Fsp3) is 0.500. The predicted molar refractivity (Wildman–Crippen MR) is 76.4 cm³/mol. The summed E-state index contributed by atoms with van der Waals surface area (Å²) in [6.45, 7) is 8.07. The molecule has 0 radical (unpaired) electrons. The molecule has 1 aromatic carbocycles. The molecule has 1 aromatic rings. The Morgan fingerprint density at radius 3 is 2.39 bits per heavy atom. The number of halogens is 1. The summed E-state index contributed by atoms with van der Waals surface area (Å²) >= 11 is 3.39. The molecule has 0 aliphatic rings. The lowest BCUT2D eigenvalue weighted by Gasteiger charge is -2.31. The van der Waals surface area contributed by atoms with Crippen LogP contribution in [0.4, 0.5) is 0 Å². The van der Waals surface area contributed by atoms with Gasteiger partial charge in [0.2, 0.25) is 0 Å². The highest BCUT2D eigenvalue weighted by Crippen LogP contribution is 2.25. The summed E-state index contributed by atoms with van der Waals surface area (Å²) in [5.41, 5.74) is 0.0862. The molecule has 0 spiro atoms. The van der Waals surface area contributed by atoms with Crippen LogP contribution in [0, 0.1) is 0 Å². The van der Waals surface area contributed by atoms with Gasteiger partial charge in [-0.25, -0.2) is 4.79 Å². The van der Waals surface area contributed by atoms with Crippen LogP contribution in [0.15, 0.2) is 28.7 Å². The van der Waals surface area contributed by atoms with Crippen LogP contribution in [0.1, 0.15) is 33.3 Å². The van der Waals surface area contributed by atoms with Crippen LogP contribution < -0.4 is 5.32 Å². The van der Waals surface area contributed by atoms with Gasteiger partial charge in [0.25, 0.3) is 0 Å². The van der Waals surface area contributed by atoms with E-state index in [1.165, 1.54) is 0 Å². The molecule has 1 atom stereocenters. The standard InChI is InChI=1S/C14H20BrNO2/c1-5-18-13(17)14(4,16-10(2)3)11-6-8-12(15)9-7-11/h6-10,16H,5H2,1-4H3. The molecule has 0 fully saturated rings. The molecular formula is C14H20BrNO2. The number of nitrogens with one attached hydrogen (secondary N) is 1. The molecular weight excluding hydrogens is 294 g/mol. The number of hydrogen-bond acceptors (Lipinski definition) is 3. The van der Waals surface area contributed by atoms with Crippen LogP contribution >= 0.6 is 15.9 Å². The van der Waals surface area contributed by atoms with Gasteiger partial charge in [0, 0.05) is 10.5 Å². The second-order valence-electron chi connectivity index (χ2n) is 4.65. The third kappa shape index (κ3) is 3.56. The first-order chi connectivity index (χ1) is 8.40. The Hall–Kier alpha value is -0.870. The van der Waals surface area contributed by atoms with E-state index in [0.29, 0.717) is 6.61 Å². The Balaban J connectivity index is 3.10. The van der Waals surface area contributed by atoms with Crippen molar-refractivity contribution in [1.82, 2.24) is 5.32 Å². The minimum atomic E-state index is -0.815. The van der Waals surface area contributed by atoms with Gasteiger partial charge in [-0.2, -0.15) is 0 Å². The average molecular weight is 314 g/mol. The minimum Gasteiger partial charge on any atom is -0.464 e. The van der Waals surface area contributed by atoms with Crippen LogP contribution in [-0.2, 0) is 15.1 Å². The molecule has 0 aromatic heterocycles. The van der Waals surface area contributed by atoms with E-state index in [0.717, 1.165) is 10.0 Å². The SMILES string of the molecule is CCOC(=O)C(C)(NC(C)C)c1ccc(Br)cc1. The van der Waals surface area contributed by atoms with Crippen molar-refractivity contribution >= 4 is 21.9 Å². The van der Waals surface area contributed by atoms with Crippen molar-refractivity contribution in [2.45, 2.75) is 39.3 Å². The van der Waals surface area contributed by atoms with E-state index in [2.05, 4.69) is 21.2 Å². The van der Waals surface area contributed by atoms with E-state index >= 15 is 0 Å². The fourth-order valence-electron chi connectivity index (χ4n) is 1.90.